The highest BCUT2D eigenvalue weighted by Gasteiger charge is 2.23. The lowest BCUT2D eigenvalue weighted by molar-refractivity contribution is -0.383. The van der Waals surface area contributed by atoms with E-state index in [2.05, 4.69) is 4.98 Å². The van der Waals surface area contributed by atoms with Crippen LogP contribution in [0.3, 0.4) is 0 Å². The van der Waals surface area contributed by atoms with Gasteiger partial charge in [0.15, 0.2) is 11.5 Å². The van der Waals surface area contributed by atoms with Crippen LogP contribution in [-0.4, -0.2) is 28.1 Å². The van der Waals surface area contributed by atoms with Crippen LogP contribution in [0.4, 0.5) is 5.69 Å². The number of nitrogens with one attached hydrogen (secondary N) is 1. The molecule has 0 saturated carbocycles. The number of ether oxygens (including phenoxy) is 2. The van der Waals surface area contributed by atoms with E-state index in [1.54, 1.807) is 18.2 Å². The van der Waals surface area contributed by atoms with Crippen molar-refractivity contribution in [2.24, 2.45) is 0 Å². The van der Waals surface area contributed by atoms with Crippen molar-refractivity contribution in [2.75, 3.05) is 7.11 Å². The van der Waals surface area contributed by atoms with Crippen LogP contribution in [0, 0.1) is 17.0 Å². The van der Waals surface area contributed by atoms with Crippen molar-refractivity contribution >= 4 is 22.6 Å². The minimum absolute atomic E-state index is 0.0748. The maximum Gasteiger partial charge on any atom is 0.320 e. The van der Waals surface area contributed by atoms with Crippen molar-refractivity contribution in [3.63, 3.8) is 0 Å². The van der Waals surface area contributed by atoms with E-state index >= 15 is 0 Å². The Morgan fingerprint density at radius 2 is 1.92 bits per heavy atom. The standard InChI is InChI=1S/C18H16N2O6/c1-10-7-12-13(19-10)4-6-15(18(12)20(23)24)26-14-5-3-11(9-17(21)22)8-16(14)25-2/h3-8,19H,9H2,1-2H3,(H,21,22). The quantitative estimate of drug-likeness (QED) is 0.512. The second-order valence-electron chi connectivity index (χ2n) is 5.74. The zero-order chi connectivity index (χ0) is 18.8. The Bertz CT molecular complexity index is 1010. The summed E-state index contributed by atoms with van der Waals surface area (Å²) in [6.45, 7) is 1.81. The van der Waals surface area contributed by atoms with E-state index in [-0.39, 0.29) is 23.6 Å². The number of carboxylic acid groups (broad SMARTS) is 1. The molecule has 0 saturated heterocycles. The number of H-pyrrole nitrogens is 1. The van der Waals surface area contributed by atoms with Gasteiger partial charge in [0.2, 0.25) is 5.75 Å². The van der Waals surface area contributed by atoms with E-state index in [1.165, 1.54) is 25.3 Å². The number of rotatable bonds is 6. The largest absolute Gasteiger partial charge is 0.493 e. The molecule has 2 N–H and O–H groups in total. The van der Waals surface area contributed by atoms with Crippen molar-refractivity contribution in [2.45, 2.75) is 13.3 Å². The summed E-state index contributed by atoms with van der Waals surface area (Å²) < 4.78 is 11.0. The predicted octanol–water partition coefficient (Wildman–Crippen LogP) is 3.81. The van der Waals surface area contributed by atoms with E-state index in [4.69, 9.17) is 14.6 Å². The Balaban J connectivity index is 2.04. The first kappa shape index (κ1) is 17.3. The third kappa shape index (κ3) is 3.30. The molecule has 3 aromatic rings. The number of nitro benzene ring substituents is 1. The van der Waals surface area contributed by atoms with E-state index in [9.17, 15) is 14.9 Å². The van der Waals surface area contributed by atoms with E-state index in [1.807, 2.05) is 6.92 Å². The third-order valence-corrected chi connectivity index (χ3v) is 3.86. The molecule has 8 nitrogen and oxygen atoms in total. The molecule has 0 aliphatic rings. The summed E-state index contributed by atoms with van der Waals surface area (Å²) in [5.74, 6) is -0.338. The highest BCUT2D eigenvalue weighted by Crippen LogP contribution is 2.40. The first-order chi connectivity index (χ1) is 12.4. The number of aromatic nitrogens is 1. The number of aromatic amines is 1. The molecule has 0 unspecified atom stereocenters. The van der Waals surface area contributed by atoms with Gasteiger partial charge >= 0.3 is 11.7 Å². The molecule has 0 fully saturated rings. The van der Waals surface area contributed by atoms with Gasteiger partial charge in [-0.3, -0.25) is 14.9 Å². The van der Waals surface area contributed by atoms with Crippen LogP contribution in [0.1, 0.15) is 11.3 Å². The van der Waals surface area contributed by atoms with Crippen molar-refractivity contribution in [1.29, 1.82) is 0 Å². The first-order valence-corrected chi connectivity index (χ1v) is 7.72. The lowest BCUT2D eigenvalue weighted by Gasteiger charge is -2.12. The molecule has 2 aromatic carbocycles. The summed E-state index contributed by atoms with van der Waals surface area (Å²) in [5.41, 5.74) is 1.83. The maximum absolute atomic E-state index is 11.6. The second-order valence-corrected chi connectivity index (χ2v) is 5.74. The smallest absolute Gasteiger partial charge is 0.320 e. The van der Waals surface area contributed by atoms with Crippen LogP contribution in [0.15, 0.2) is 36.4 Å². The molecule has 0 spiro atoms. The monoisotopic (exact) mass is 356 g/mol. The van der Waals surface area contributed by atoms with E-state index in [0.717, 1.165) is 5.69 Å². The lowest BCUT2D eigenvalue weighted by Crippen LogP contribution is -2.01. The summed E-state index contributed by atoms with van der Waals surface area (Å²) in [5, 5.41) is 20.9. The first-order valence-electron chi connectivity index (χ1n) is 7.72. The lowest BCUT2D eigenvalue weighted by atomic mass is 10.1. The zero-order valence-electron chi connectivity index (χ0n) is 14.1. The fourth-order valence-electron chi connectivity index (χ4n) is 2.78. The Morgan fingerprint density at radius 1 is 1.19 bits per heavy atom. The van der Waals surface area contributed by atoms with E-state index in [0.29, 0.717) is 22.2 Å². The van der Waals surface area contributed by atoms with Gasteiger partial charge in [-0.2, -0.15) is 0 Å². The molecular formula is C18H16N2O6. The number of aliphatic carboxylic acids is 1. The highest BCUT2D eigenvalue weighted by atomic mass is 16.6. The number of nitrogens with zero attached hydrogens (tertiary/aromatic N) is 1. The topological polar surface area (TPSA) is 115 Å². The Labute approximate surface area is 148 Å². The Kier molecular flexibility index (Phi) is 4.49. The van der Waals surface area contributed by atoms with Gasteiger partial charge in [0, 0.05) is 5.69 Å². The van der Waals surface area contributed by atoms with Crippen LogP contribution >= 0.6 is 0 Å². The average Bonchev–Trinajstić information content (AvgIpc) is 2.95. The third-order valence-electron chi connectivity index (χ3n) is 3.86. The molecule has 8 heteroatoms. The Morgan fingerprint density at radius 3 is 2.58 bits per heavy atom. The SMILES string of the molecule is COc1cc(CC(=O)O)ccc1Oc1ccc2[nH]c(C)cc2c1[N+](=O)[O-]. The van der Waals surface area contributed by atoms with Gasteiger partial charge in [-0.25, -0.2) is 0 Å². The minimum Gasteiger partial charge on any atom is -0.493 e. The summed E-state index contributed by atoms with van der Waals surface area (Å²) in [6, 6.07) is 9.56. The minimum atomic E-state index is -0.968. The molecule has 1 aromatic heterocycles. The maximum atomic E-state index is 11.6. The second kappa shape index (κ2) is 6.75. The van der Waals surface area contributed by atoms with Crippen LogP contribution in [0.2, 0.25) is 0 Å². The molecule has 0 atom stereocenters. The van der Waals surface area contributed by atoms with Gasteiger partial charge in [-0.15, -0.1) is 0 Å². The van der Waals surface area contributed by atoms with Gasteiger partial charge in [0.05, 0.1) is 29.4 Å². The fraction of sp³-hybridized carbons (Fsp3) is 0.167. The number of carbonyl (C=O) groups is 1. The number of methoxy groups -OCH3 is 1. The number of fused-ring (bicyclic) bond motifs is 1. The fourth-order valence-corrected chi connectivity index (χ4v) is 2.78. The predicted molar refractivity (Wildman–Crippen MR) is 94.1 cm³/mol. The normalized spacial score (nSPS) is 10.7. The van der Waals surface area contributed by atoms with Gasteiger partial charge in [0.25, 0.3) is 0 Å². The highest BCUT2D eigenvalue weighted by molar-refractivity contribution is 5.92. The number of hydrogen-bond donors (Lipinski definition) is 2. The van der Waals surface area contributed by atoms with Crippen molar-refractivity contribution in [3.8, 4) is 17.2 Å². The van der Waals surface area contributed by atoms with Gasteiger partial charge in [0.1, 0.15) is 0 Å². The van der Waals surface area contributed by atoms with Crippen molar-refractivity contribution in [3.05, 3.63) is 57.8 Å². The Hall–Kier alpha value is -3.55. The molecule has 0 aliphatic carbocycles. The van der Waals surface area contributed by atoms with E-state index < -0.39 is 10.9 Å². The summed E-state index contributed by atoms with van der Waals surface area (Å²) in [6.07, 6.45) is -0.161. The number of nitro groups is 1. The number of hydrogen-bond acceptors (Lipinski definition) is 5. The summed E-state index contributed by atoms with van der Waals surface area (Å²) >= 11 is 0. The molecular weight excluding hydrogens is 340 g/mol. The number of carboxylic acids is 1. The molecule has 0 radical (unpaired) electrons. The van der Waals surface area contributed by atoms with Crippen molar-refractivity contribution < 1.29 is 24.3 Å². The summed E-state index contributed by atoms with van der Waals surface area (Å²) in [7, 11) is 1.42. The molecule has 0 aliphatic heterocycles. The molecule has 0 bridgehead atoms. The van der Waals surface area contributed by atoms with Gasteiger partial charge < -0.3 is 19.6 Å². The van der Waals surface area contributed by atoms with Gasteiger partial charge in [-0.05, 0) is 42.8 Å². The molecule has 134 valence electrons. The van der Waals surface area contributed by atoms with Crippen LogP contribution in [0.25, 0.3) is 10.9 Å². The van der Waals surface area contributed by atoms with Crippen LogP contribution in [-0.2, 0) is 11.2 Å². The van der Waals surface area contributed by atoms with Crippen LogP contribution < -0.4 is 9.47 Å². The molecule has 1 heterocycles. The number of benzene rings is 2. The molecule has 3 rings (SSSR count). The molecule has 26 heavy (non-hydrogen) atoms. The van der Waals surface area contributed by atoms with Gasteiger partial charge in [-0.1, -0.05) is 6.07 Å². The molecule has 0 amide bonds. The zero-order valence-corrected chi connectivity index (χ0v) is 14.1. The number of aryl methyl sites for hydroxylation is 1. The average molecular weight is 356 g/mol. The van der Waals surface area contributed by atoms with Crippen LogP contribution in [0.5, 0.6) is 17.2 Å². The van der Waals surface area contributed by atoms with Crippen molar-refractivity contribution in [1.82, 2.24) is 4.98 Å². The summed E-state index contributed by atoms with van der Waals surface area (Å²) in [4.78, 5) is 25.0.